The summed E-state index contributed by atoms with van der Waals surface area (Å²) < 4.78 is 46.2. The van der Waals surface area contributed by atoms with Gasteiger partial charge in [0.2, 0.25) is 15.8 Å². The Bertz CT molecular complexity index is 1170. The standard InChI is InChI=1S/C21H21FN2O4S/c1-24-16(12-14-8-9-15(13-18(14)22)23-29(3,26)27)10-11-19(24)21(25)17-6-4-5-7-20(17)28-2/h4-11,13,23H,12H2,1-3H3. The first-order chi connectivity index (χ1) is 13.7. The van der Waals surface area contributed by atoms with E-state index < -0.39 is 15.8 Å². The Hall–Kier alpha value is -3.13. The van der Waals surface area contributed by atoms with E-state index in [1.54, 1.807) is 48.0 Å². The monoisotopic (exact) mass is 416 g/mol. The second-order valence-electron chi connectivity index (χ2n) is 6.66. The number of aromatic nitrogens is 1. The maximum Gasteiger partial charge on any atom is 0.229 e. The van der Waals surface area contributed by atoms with Crippen molar-refractivity contribution in [3.8, 4) is 5.75 Å². The van der Waals surface area contributed by atoms with E-state index in [9.17, 15) is 17.6 Å². The molecule has 0 aliphatic carbocycles. The van der Waals surface area contributed by atoms with Gasteiger partial charge in [-0.2, -0.15) is 0 Å². The first-order valence-electron chi connectivity index (χ1n) is 8.78. The number of ether oxygens (including phenoxy) is 1. The van der Waals surface area contributed by atoms with Crippen molar-refractivity contribution < 1.29 is 22.3 Å². The minimum absolute atomic E-state index is 0.160. The average Bonchev–Trinajstić information content (AvgIpc) is 3.02. The number of hydrogen-bond donors (Lipinski definition) is 1. The second-order valence-corrected chi connectivity index (χ2v) is 8.40. The van der Waals surface area contributed by atoms with Gasteiger partial charge < -0.3 is 9.30 Å². The summed E-state index contributed by atoms with van der Waals surface area (Å²) in [5.74, 6) is -0.234. The molecular weight excluding hydrogens is 395 g/mol. The zero-order valence-electron chi connectivity index (χ0n) is 16.3. The Morgan fingerprint density at radius 3 is 2.52 bits per heavy atom. The molecule has 0 aliphatic rings. The third-order valence-electron chi connectivity index (χ3n) is 4.54. The maximum absolute atomic E-state index is 14.4. The van der Waals surface area contributed by atoms with Crippen molar-refractivity contribution in [2.75, 3.05) is 18.1 Å². The van der Waals surface area contributed by atoms with Crippen LogP contribution in [-0.4, -0.2) is 32.1 Å². The molecule has 1 heterocycles. The quantitative estimate of drug-likeness (QED) is 0.599. The van der Waals surface area contributed by atoms with Crippen LogP contribution < -0.4 is 9.46 Å². The Morgan fingerprint density at radius 1 is 1.14 bits per heavy atom. The van der Waals surface area contributed by atoms with Crippen LogP contribution >= 0.6 is 0 Å². The highest BCUT2D eigenvalue weighted by Gasteiger charge is 2.19. The molecule has 8 heteroatoms. The molecule has 0 spiro atoms. The van der Waals surface area contributed by atoms with E-state index >= 15 is 0 Å². The van der Waals surface area contributed by atoms with Crippen LogP contribution in [0.15, 0.2) is 54.6 Å². The number of para-hydroxylation sites is 1. The summed E-state index contributed by atoms with van der Waals surface area (Å²) in [7, 11) is -0.226. The first kappa shape index (κ1) is 20.6. The molecule has 29 heavy (non-hydrogen) atoms. The predicted molar refractivity (Wildman–Crippen MR) is 110 cm³/mol. The molecule has 2 aromatic carbocycles. The number of carbonyl (C=O) groups excluding carboxylic acids is 1. The van der Waals surface area contributed by atoms with Gasteiger partial charge in [-0.05, 0) is 42.0 Å². The van der Waals surface area contributed by atoms with Gasteiger partial charge in [-0.15, -0.1) is 0 Å². The molecule has 152 valence electrons. The van der Waals surface area contributed by atoms with Crippen LogP contribution in [0, 0.1) is 5.82 Å². The van der Waals surface area contributed by atoms with E-state index in [2.05, 4.69) is 4.72 Å². The van der Waals surface area contributed by atoms with Gasteiger partial charge in [0, 0.05) is 19.2 Å². The van der Waals surface area contributed by atoms with E-state index in [0.717, 1.165) is 18.0 Å². The van der Waals surface area contributed by atoms with E-state index in [1.165, 1.54) is 19.2 Å². The average molecular weight is 416 g/mol. The van der Waals surface area contributed by atoms with Gasteiger partial charge in [0.05, 0.1) is 30.3 Å². The zero-order valence-corrected chi connectivity index (χ0v) is 17.1. The second kappa shape index (κ2) is 8.08. The Kier molecular flexibility index (Phi) is 5.74. The summed E-state index contributed by atoms with van der Waals surface area (Å²) in [5, 5.41) is 0. The van der Waals surface area contributed by atoms with Gasteiger partial charge >= 0.3 is 0 Å². The number of nitrogens with one attached hydrogen (secondary N) is 1. The number of rotatable bonds is 7. The van der Waals surface area contributed by atoms with Crippen LogP contribution in [0.3, 0.4) is 0 Å². The molecule has 1 aromatic heterocycles. The number of benzene rings is 2. The largest absolute Gasteiger partial charge is 0.496 e. The number of methoxy groups -OCH3 is 1. The van der Waals surface area contributed by atoms with Crippen LogP contribution in [0.25, 0.3) is 0 Å². The number of sulfonamides is 1. The van der Waals surface area contributed by atoms with Crippen molar-refractivity contribution in [3.05, 3.63) is 82.9 Å². The van der Waals surface area contributed by atoms with Gasteiger partial charge in [-0.25, -0.2) is 12.8 Å². The molecule has 3 rings (SSSR count). The minimum atomic E-state index is -3.48. The number of anilines is 1. The summed E-state index contributed by atoms with van der Waals surface area (Å²) >= 11 is 0. The Morgan fingerprint density at radius 2 is 1.86 bits per heavy atom. The summed E-state index contributed by atoms with van der Waals surface area (Å²) in [6.07, 6.45) is 1.25. The zero-order chi connectivity index (χ0) is 21.2. The lowest BCUT2D eigenvalue weighted by atomic mass is 10.1. The lowest BCUT2D eigenvalue weighted by Gasteiger charge is -2.11. The Labute approximate surface area is 169 Å². The van der Waals surface area contributed by atoms with E-state index in [4.69, 9.17) is 4.74 Å². The Balaban J connectivity index is 1.86. The number of halogens is 1. The van der Waals surface area contributed by atoms with Crippen molar-refractivity contribution in [2.24, 2.45) is 7.05 Å². The molecule has 3 aromatic rings. The number of ketones is 1. The molecule has 0 radical (unpaired) electrons. The van der Waals surface area contributed by atoms with Crippen LogP contribution in [0.4, 0.5) is 10.1 Å². The molecule has 0 saturated carbocycles. The molecule has 6 nitrogen and oxygen atoms in total. The number of hydrogen-bond acceptors (Lipinski definition) is 4. The fraction of sp³-hybridized carbons (Fsp3) is 0.190. The van der Waals surface area contributed by atoms with Gasteiger partial charge in [0.25, 0.3) is 0 Å². The van der Waals surface area contributed by atoms with Crippen molar-refractivity contribution in [2.45, 2.75) is 6.42 Å². The highest BCUT2D eigenvalue weighted by Crippen LogP contribution is 2.24. The lowest BCUT2D eigenvalue weighted by Crippen LogP contribution is -2.11. The fourth-order valence-electron chi connectivity index (χ4n) is 3.09. The van der Waals surface area contributed by atoms with Crippen LogP contribution in [-0.2, 0) is 23.5 Å². The third-order valence-corrected chi connectivity index (χ3v) is 5.14. The molecule has 0 bridgehead atoms. The van der Waals surface area contributed by atoms with Gasteiger partial charge in [-0.3, -0.25) is 9.52 Å². The highest BCUT2D eigenvalue weighted by atomic mass is 32.2. The fourth-order valence-corrected chi connectivity index (χ4v) is 3.65. The molecule has 0 unspecified atom stereocenters. The van der Waals surface area contributed by atoms with Crippen LogP contribution in [0.2, 0.25) is 0 Å². The summed E-state index contributed by atoms with van der Waals surface area (Å²) in [6.45, 7) is 0. The molecule has 1 N–H and O–H groups in total. The highest BCUT2D eigenvalue weighted by molar-refractivity contribution is 7.92. The van der Waals surface area contributed by atoms with Gasteiger partial charge in [0.15, 0.2) is 0 Å². The lowest BCUT2D eigenvalue weighted by molar-refractivity contribution is 0.102. The third kappa shape index (κ3) is 4.65. The van der Waals surface area contributed by atoms with Crippen molar-refractivity contribution in [3.63, 3.8) is 0 Å². The molecule has 0 aliphatic heterocycles. The summed E-state index contributed by atoms with van der Waals surface area (Å²) in [5.41, 5.74) is 2.20. The van der Waals surface area contributed by atoms with Crippen LogP contribution in [0.5, 0.6) is 5.75 Å². The summed E-state index contributed by atoms with van der Waals surface area (Å²) in [6, 6.07) is 14.6. The smallest absolute Gasteiger partial charge is 0.229 e. The normalized spacial score (nSPS) is 11.3. The van der Waals surface area contributed by atoms with Crippen LogP contribution in [0.1, 0.15) is 27.3 Å². The molecular formula is C21H21FN2O4S. The maximum atomic E-state index is 14.4. The molecule has 0 atom stereocenters. The van der Waals surface area contributed by atoms with Crippen molar-refractivity contribution in [1.82, 2.24) is 4.57 Å². The van der Waals surface area contributed by atoms with Gasteiger partial charge in [0.1, 0.15) is 11.6 Å². The summed E-state index contributed by atoms with van der Waals surface area (Å²) in [4.78, 5) is 12.9. The molecule has 0 amide bonds. The first-order valence-corrected chi connectivity index (χ1v) is 10.7. The van der Waals surface area contributed by atoms with E-state index in [-0.39, 0.29) is 17.9 Å². The molecule has 0 saturated heterocycles. The SMILES string of the molecule is COc1ccccc1C(=O)c1ccc(Cc2ccc(NS(C)(=O)=O)cc2F)n1C. The number of carbonyl (C=O) groups is 1. The number of nitrogens with zero attached hydrogens (tertiary/aromatic N) is 1. The molecule has 0 fully saturated rings. The van der Waals surface area contributed by atoms with Crippen molar-refractivity contribution in [1.29, 1.82) is 0 Å². The minimum Gasteiger partial charge on any atom is -0.496 e. The predicted octanol–water partition coefficient (Wildman–Crippen LogP) is 3.37. The van der Waals surface area contributed by atoms with E-state index in [0.29, 0.717) is 22.6 Å². The topological polar surface area (TPSA) is 77.4 Å². The van der Waals surface area contributed by atoms with E-state index in [1.807, 2.05) is 0 Å². The van der Waals surface area contributed by atoms with Gasteiger partial charge in [-0.1, -0.05) is 18.2 Å². The van der Waals surface area contributed by atoms with Crippen molar-refractivity contribution >= 4 is 21.5 Å².